The Morgan fingerprint density at radius 3 is 2.56 bits per heavy atom. The van der Waals surface area contributed by atoms with Crippen molar-refractivity contribution >= 4 is 28.5 Å². The summed E-state index contributed by atoms with van der Waals surface area (Å²) in [5, 5.41) is 7.59. The highest BCUT2D eigenvalue weighted by atomic mass is 19.1. The summed E-state index contributed by atoms with van der Waals surface area (Å²) in [4.78, 5) is 49.7. The number of ketones is 1. The molecular formula is C25H28FN7O3. The third-order valence-electron chi connectivity index (χ3n) is 8.45. The number of aromatic amines is 1. The van der Waals surface area contributed by atoms with Gasteiger partial charge in [0.1, 0.15) is 0 Å². The van der Waals surface area contributed by atoms with Crippen molar-refractivity contribution in [3.8, 4) is 5.82 Å². The van der Waals surface area contributed by atoms with E-state index in [1.165, 1.54) is 28.4 Å². The highest BCUT2D eigenvalue weighted by Crippen LogP contribution is 2.49. The van der Waals surface area contributed by atoms with Gasteiger partial charge in [0, 0.05) is 38.3 Å². The van der Waals surface area contributed by atoms with Gasteiger partial charge in [-0.2, -0.15) is 0 Å². The molecule has 0 spiro atoms. The minimum absolute atomic E-state index is 0.00996. The molecule has 1 N–H and O–H groups in total. The second-order valence-electron chi connectivity index (χ2n) is 10.3. The molecule has 1 saturated heterocycles. The number of fused-ring (bicyclic) bond motifs is 3. The maximum absolute atomic E-state index is 14.7. The normalized spacial score (nSPS) is 25.9. The highest BCUT2D eigenvalue weighted by molar-refractivity contribution is 6.45. The van der Waals surface area contributed by atoms with Crippen LogP contribution in [0.4, 0.5) is 4.39 Å². The Hall–Kier alpha value is -3.63. The molecule has 2 amide bonds. The van der Waals surface area contributed by atoms with Crippen LogP contribution in [0.1, 0.15) is 43.0 Å². The van der Waals surface area contributed by atoms with Crippen LogP contribution >= 0.6 is 0 Å². The number of halogens is 1. The molecule has 36 heavy (non-hydrogen) atoms. The Bertz CT molecular complexity index is 1330. The van der Waals surface area contributed by atoms with Gasteiger partial charge in [-0.3, -0.25) is 14.4 Å². The SMILES string of the molecule is CC1CC[C@H]2C[C@@H]1CC2C(=O)N1CCN(C(=O)C(=O)c2c[nH]c3c(-n4ccnn4)ncc(F)c23)CC1. The summed E-state index contributed by atoms with van der Waals surface area (Å²) < 4.78 is 16.1. The van der Waals surface area contributed by atoms with E-state index in [1.54, 1.807) is 6.20 Å². The Kier molecular flexibility index (Phi) is 5.57. The number of nitrogens with zero attached hydrogens (tertiary/aromatic N) is 6. The Morgan fingerprint density at radius 2 is 1.83 bits per heavy atom. The molecular weight excluding hydrogens is 465 g/mol. The lowest BCUT2D eigenvalue weighted by Crippen LogP contribution is -2.53. The standard InChI is InChI=1S/C25H28FN7O3/c1-14-2-3-15-10-16(14)11-17(15)24(35)31-6-8-32(9-7-31)25(36)22(34)18-12-27-21-20(18)19(26)13-28-23(21)33-5-4-29-30-33/h4-5,12-17,27H,2-3,6-11H2,1H3/t14?,15-,16+,17?/m0/s1. The number of carbonyl (C=O) groups is 3. The second-order valence-corrected chi connectivity index (χ2v) is 10.3. The molecule has 3 aliphatic rings. The van der Waals surface area contributed by atoms with Gasteiger partial charge < -0.3 is 14.8 Å². The van der Waals surface area contributed by atoms with Crippen molar-refractivity contribution in [3.63, 3.8) is 0 Å². The van der Waals surface area contributed by atoms with E-state index in [0.29, 0.717) is 30.8 Å². The average molecular weight is 494 g/mol. The number of hydrogen-bond donors (Lipinski definition) is 1. The number of nitrogens with one attached hydrogen (secondary N) is 1. The Balaban J connectivity index is 1.15. The van der Waals surface area contributed by atoms with E-state index < -0.39 is 17.5 Å². The van der Waals surface area contributed by atoms with E-state index in [1.807, 2.05) is 4.90 Å². The summed E-state index contributed by atoms with van der Waals surface area (Å²) in [5.74, 6) is 0.167. The second kappa shape index (κ2) is 8.79. The monoisotopic (exact) mass is 493 g/mol. The van der Waals surface area contributed by atoms with Crippen LogP contribution in [0.15, 0.2) is 24.8 Å². The number of Topliss-reactive ketones (excluding diaryl/α,β-unsaturated/α-hetero) is 1. The molecule has 0 radical (unpaired) electrons. The van der Waals surface area contributed by atoms with Gasteiger partial charge in [0.2, 0.25) is 5.91 Å². The molecule has 4 atom stereocenters. The fourth-order valence-corrected chi connectivity index (χ4v) is 6.36. The lowest BCUT2D eigenvalue weighted by molar-refractivity contribution is -0.141. The van der Waals surface area contributed by atoms with Crippen molar-refractivity contribution in [2.24, 2.45) is 23.7 Å². The first-order valence-corrected chi connectivity index (χ1v) is 12.6. The summed E-state index contributed by atoms with van der Waals surface area (Å²) in [6, 6.07) is 0. The van der Waals surface area contributed by atoms with Crippen molar-refractivity contribution in [2.45, 2.75) is 32.6 Å². The van der Waals surface area contributed by atoms with Crippen LogP contribution in [0.5, 0.6) is 0 Å². The number of rotatable bonds is 4. The quantitative estimate of drug-likeness (QED) is 0.440. The summed E-state index contributed by atoms with van der Waals surface area (Å²) in [6.07, 6.45) is 9.78. The van der Waals surface area contributed by atoms with Gasteiger partial charge in [-0.15, -0.1) is 5.10 Å². The van der Waals surface area contributed by atoms with Gasteiger partial charge >= 0.3 is 0 Å². The van der Waals surface area contributed by atoms with Crippen molar-refractivity contribution in [3.05, 3.63) is 36.2 Å². The molecule has 10 nitrogen and oxygen atoms in total. The molecule has 2 aliphatic carbocycles. The molecule has 3 fully saturated rings. The number of H-pyrrole nitrogens is 1. The fraction of sp³-hybridized carbons (Fsp3) is 0.520. The largest absolute Gasteiger partial charge is 0.357 e. The van der Waals surface area contributed by atoms with Crippen LogP contribution in [0.2, 0.25) is 0 Å². The van der Waals surface area contributed by atoms with E-state index in [4.69, 9.17) is 0 Å². The van der Waals surface area contributed by atoms with Crippen LogP contribution in [-0.4, -0.2) is 78.5 Å². The van der Waals surface area contributed by atoms with E-state index in [-0.39, 0.29) is 47.2 Å². The van der Waals surface area contributed by atoms with Gasteiger partial charge in [0.25, 0.3) is 11.7 Å². The van der Waals surface area contributed by atoms with Crippen molar-refractivity contribution in [2.75, 3.05) is 26.2 Å². The van der Waals surface area contributed by atoms with Gasteiger partial charge in [-0.05, 0) is 37.0 Å². The molecule has 188 valence electrons. The van der Waals surface area contributed by atoms with Crippen molar-refractivity contribution in [1.29, 1.82) is 0 Å². The Morgan fingerprint density at radius 1 is 1.06 bits per heavy atom. The summed E-state index contributed by atoms with van der Waals surface area (Å²) >= 11 is 0. The number of pyridine rings is 1. The van der Waals surface area contributed by atoms with E-state index in [2.05, 4.69) is 27.2 Å². The molecule has 1 aliphatic heterocycles. The smallest absolute Gasteiger partial charge is 0.295 e. The van der Waals surface area contributed by atoms with Gasteiger partial charge in [0.05, 0.1) is 35.1 Å². The van der Waals surface area contributed by atoms with E-state index >= 15 is 0 Å². The van der Waals surface area contributed by atoms with Crippen LogP contribution in [0, 0.1) is 29.5 Å². The first-order chi connectivity index (χ1) is 17.4. The summed E-state index contributed by atoms with van der Waals surface area (Å²) in [5.41, 5.74) is 0.199. The predicted octanol–water partition coefficient (Wildman–Crippen LogP) is 2.21. The minimum atomic E-state index is -0.797. The van der Waals surface area contributed by atoms with Crippen LogP contribution in [-0.2, 0) is 9.59 Å². The molecule has 11 heteroatoms. The zero-order valence-corrected chi connectivity index (χ0v) is 20.1. The number of piperazine rings is 1. The molecule has 6 rings (SSSR count). The third kappa shape index (κ3) is 3.68. The number of carbonyl (C=O) groups excluding carboxylic acids is 3. The number of amides is 2. The number of aromatic nitrogens is 5. The van der Waals surface area contributed by atoms with Crippen LogP contribution in [0.3, 0.4) is 0 Å². The van der Waals surface area contributed by atoms with Crippen LogP contribution in [0.25, 0.3) is 16.7 Å². The van der Waals surface area contributed by atoms with E-state index in [9.17, 15) is 18.8 Å². The van der Waals surface area contributed by atoms with Gasteiger partial charge in [0.15, 0.2) is 11.6 Å². The molecule has 2 saturated carbocycles. The minimum Gasteiger partial charge on any atom is -0.357 e. The lowest BCUT2D eigenvalue weighted by Gasteiger charge is -2.36. The van der Waals surface area contributed by atoms with Gasteiger partial charge in [-0.1, -0.05) is 18.6 Å². The number of hydrogen-bond acceptors (Lipinski definition) is 6. The fourth-order valence-electron chi connectivity index (χ4n) is 6.36. The first-order valence-electron chi connectivity index (χ1n) is 12.6. The summed E-state index contributed by atoms with van der Waals surface area (Å²) in [6.45, 7) is 3.67. The zero-order valence-electron chi connectivity index (χ0n) is 20.1. The molecule has 3 aromatic heterocycles. The maximum Gasteiger partial charge on any atom is 0.295 e. The van der Waals surface area contributed by atoms with Gasteiger partial charge in [-0.25, -0.2) is 14.1 Å². The lowest BCUT2D eigenvalue weighted by atomic mass is 9.80. The van der Waals surface area contributed by atoms with Crippen LogP contribution < -0.4 is 0 Å². The van der Waals surface area contributed by atoms with E-state index in [0.717, 1.165) is 25.5 Å². The molecule has 2 unspecified atom stereocenters. The topological polar surface area (TPSA) is 117 Å². The Labute approximate surface area is 206 Å². The molecule has 2 bridgehead atoms. The van der Waals surface area contributed by atoms with Crippen molar-refractivity contribution in [1.82, 2.24) is 34.8 Å². The summed E-state index contributed by atoms with van der Waals surface area (Å²) in [7, 11) is 0. The van der Waals surface area contributed by atoms with Crippen molar-refractivity contribution < 1.29 is 18.8 Å². The maximum atomic E-state index is 14.7. The molecule has 3 aromatic rings. The predicted molar refractivity (Wildman–Crippen MR) is 127 cm³/mol. The average Bonchev–Trinajstić information content (AvgIpc) is 3.65. The highest BCUT2D eigenvalue weighted by Gasteiger charge is 2.45. The first kappa shape index (κ1) is 22.8. The zero-order chi connectivity index (χ0) is 25.0. The molecule has 0 aromatic carbocycles. The molecule has 4 heterocycles. The third-order valence-corrected chi connectivity index (χ3v) is 8.45.